The Bertz CT molecular complexity index is 548. The van der Waals surface area contributed by atoms with E-state index in [-0.39, 0.29) is 23.7 Å². The first kappa shape index (κ1) is 15.2. The van der Waals surface area contributed by atoms with E-state index >= 15 is 0 Å². The van der Waals surface area contributed by atoms with E-state index in [2.05, 4.69) is 5.32 Å². The predicted octanol–water partition coefficient (Wildman–Crippen LogP) is 2.03. The SMILES string of the molecule is O=C(/C=C/c1ccccc1[N+](=O)[O-])NC1CCC(O)CC1. The van der Waals surface area contributed by atoms with Gasteiger partial charge >= 0.3 is 0 Å². The standard InChI is InChI=1S/C15H18N2O4/c18-13-8-6-12(7-9-13)16-15(19)10-5-11-3-1-2-4-14(11)17(20)21/h1-5,10,12-13,18H,6-9H2,(H,16,19)/b10-5+. The molecular weight excluding hydrogens is 272 g/mol. The molecule has 0 aromatic heterocycles. The summed E-state index contributed by atoms with van der Waals surface area (Å²) < 4.78 is 0. The zero-order valence-electron chi connectivity index (χ0n) is 11.6. The van der Waals surface area contributed by atoms with E-state index in [0.717, 1.165) is 12.8 Å². The van der Waals surface area contributed by atoms with Crippen molar-refractivity contribution in [3.05, 3.63) is 46.0 Å². The van der Waals surface area contributed by atoms with Gasteiger partial charge in [0, 0.05) is 18.2 Å². The molecule has 1 aliphatic carbocycles. The highest BCUT2D eigenvalue weighted by Crippen LogP contribution is 2.20. The van der Waals surface area contributed by atoms with E-state index in [1.54, 1.807) is 18.2 Å². The van der Waals surface area contributed by atoms with Gasteiger partial charge < -0.3 is 10.4 Å². The Hall–Kier alpha value is -2.21. The van der Waals surface area contributed by atoms with Crippen LogP contribution in [0.5, 0.6) is 0 Å². The molecule has 1 fully saturated rings. The van der Waals surface area contributed by atoms with Crippen molar-refractivity contribution in [3.8, 4) is 0 Å². The molecule has 1 saturated carbocycles. The van der Waals surface area contributed by atoms with Crippen LogP contribution in [0.25, 0.3) is 6.08 Å². The van der Waals surface area contributed by atoms with E-state index in [1.165, 1.54) is 18.2 Å². The molecule has 0 saturated heterocycles. The van der Waals surface area contributed by atoms with Crippen molar-refractivity contribution in [2.45, 2.75) is 37.8 Å². The first-order valence-corrected chi connectivity index (χ1v) is 6.96. The molecule has 0 atom stereocenters. The highest BCUT2D eigenvalue weighted by atomic mass is 16.6. The molecule has 0 bridgehead atoms. The number of hydrogen-bond donors (Lipinski definition) is 2. The summed E-state index contributed by atoms with van der Waals surface area (Å²) in [5, 5.41) is 23.1. The van der Waals surface area contributed by atoms with Gasteiger partial charge in [-0.05, 0) is 37.8 Å². The van der Waals surface area contributed by atoms with Gasteiger partial charge in [0.1, 0.15) is 0 Å². The monoisotopic (exact) mass is 290 g/mol. The number of rotatable bonds is 4. The highest BCUT2D eigenvalue weighted by molar-refractivity contribution is 5.92. The number of nitrogens with one attached hydrogen (secondary N) is 1. The van der Waals surface area contributed by atoms with Crippen LogP contribution in [0.15, 0.2) is 30.3 Å². The van der Waals surface area contributed by atoms with Gasteiger partial charge in [-0.15, -0.1) is 0 Å². The van der Waals surface area contributed by atoms with Crippen molar-refractivity contribution in [3.63, 3.8) is 0 Å². The number of aliphatic hydroxyl groups is 1. The molecule has 0 spiro atoms. The van der Waals surface area contributed by atoms with Crippen LogP contribution < -0.4 is 5.32 Å². The summed E-state index contributed by atoms with van der Waals surface area (Å²) in [7, 11) is 0. The minimum atomic E-state index is -0.472. The predicted molar refractivity (Wildman–Crippen MR) is 78.5 cm³/mol. The van der Waals surface area contributed by atoms with Gasteiger partial charge in [0.15, 0.2) is 0 Å². The number of hydrogen-bond acceptors (Lipinski definition) is 4. The second-order valence-electron chi connectivity index (χ2n) is 5.16. The van der Waals surface area contributed by atoms with Gasteiger partial charge in [0.2, 0.25) is 5.91 Å². The summed E-state index contributed by atoms with van der Waals surface area (Å²) in [4.78, 5) is 22.2. The Morgan fingerprint density at radius 1 is 1.29 bits per heavy atom. The number of amides is 1. The lowest BCUT2D eigenvalue weighted by molar-refractivity contribution is -0.385. The first-order chi connectivity index (χ1) is 10.1. The molecule has 112 valence electrons. The molecule has 1 aliphatic rings. The van der Waals surface area contributed by atoms with E-state index in [0.29, 0.717) is 18.4 Å². The maximum absolute atomic E-state index is 11.8. The van der Waals surface area contributed by atoms with Gasteiger partial charge in [-0.3, -0.25) is 14.9 Å². The minimum Gasteiger partial charge on any atom is -0.393 e. The fourth-order valence-corrected chi connectivity index (χ4v) is 2.43. The lowest BCUT2D eigenvalue weighted by Crippen LogP contribution is -2.37. The summed E-state index contributed by atoms with van der Waals surface area (Å²) in [5.74, 6) is -0.269. The van der Waals surface area contributed by atoms with Gasteiger partial charge in [-0.1, -0.05) is 12.1 Å². The zero-order valence-corrected chi connectivity index (χ0v) is 11.6. The largest absolute Gasteiger partial charge is 0.393 e. The molecule has 1 aromatic rings. The fourth-order valence-electron chi connectivity index (χ4n) is 2.43. The van der Waals surface area contributed by atoms with Crippen molar-refractivity contribution in [1.29, 1.82) is 0 Å². The van der Waals surface area contributed by atoms with Gasteiger partial charge in [0.05, 0.1) is 16.6 Å². The number of nitro benzene ring substituents is 1. The Labute approximate surface area is 122 Å². The maximum atomic E-state index is 11.8. The molecule has 2 rings (SSSR count). The van der Waals surface area contributed by atoms with Gasteiger partial charge in [0.25, 0.3) is 5.69 Å². The van der Waals surface area contributed by atoms with Crippen LogP contribution in [0.2, 0.25) is 0 Å². The van der Waals surface area contributed by atoms with Crippen LogP contribution in [0.4, 0.5) is 5.69 Å². The number of carbonyl (C=O) groups excluding carboxylic acids is 1. The molecule has 6 nitrogen and oxygen atoms in total. The average molecular weight is 290 g/mol. The fraction of sp³-hybridized carbons (Fsp3) is 0.400. The molecule has 1 aromatic carbocycles. The molecule has 21 heavy (non-hydrogen) atoms. The van der Waals surface area contributed by atoms with Crippen LogP contribution in [-0.2, 0) is 4.79 Å². The van der Waals surface area contributed by atoms with Crippen molar-refractivity contribution in [2.75, 3.05) is 0 Å². The molecule has 1 amide bonds. The lowest BCUT2D eigenvalue weighted by Gasteiger charge is -2.25. The topological polar surface area (TPSA) is 92.5 Å². The van der Waals surface area contributed by atoms with Gasteiger partial charge in [-0.25, -0.2) is 0 Å². The second kappa shape index (κ2) is 6.99. The lowest BCUT2D eigenvalue weighted by atomic mass is 9.93. The summed E-state index contributed by atoms with van der Waals surface area (Å²) in [6.45, 7) is 0. The number of nitro groups is 1. The summed E-state index contributed by atoms with van der Waals surface area (Å²) in [6, 6.07) is 6.34. The normalized spacial score (nSPS) is 22.1. The third-order valence-corrected chi connectivity index (χ3v) is 3.59. The van der Waals surface area contributed by atoms with Crippen LogP contribution >= 0.6 is 0 Å². The Morgan fingerprint density at radius 2 is 1.95 bits per heavy atom. The number of carbonyl (C=O) groups is 1. The Morgan fingerprint density at radius 3 is 2.62 bits per heavy atom. The molecule has 0 unspecified atom stereocenters. The number of aliphatic hydroxyl groups excluding tert-OH is 1. The summed E-state index contributed by atoms with van der Waals surface area (Å²) in [5.41, 5.74) is 0.374. The van der Waals surface area contributed by atoms with E-state index < -0.39 is 4.92 Å². The van der Waals surface area contributed by atoms with Crippen LogP contribution in [0.1, 0.15) is 31.2 Å². The number of para-hydroxylation sites is 1. The van der Waals surface area contributed by atoms with Crippen molar-refractivity contribution in [1.82, 2.24) is 5.32 Å². The van der Waals surface area contributed by atoms with E-state index in [9.17, 15) is 20.0 Å². The highest BCUT2D eigenvalue weighted by Gasteiger charge is 2.20. The third kappa shape index (κ3) is 4.39. The zero-order chi connectivity index (χ0) is 15.2. The molecule has 6 heteroatoms. The van der Waals surface area contributed by atoms with Crippen molar-refractivity contribution >= 4 is 17.7 Å². The van der Waals surface area contributed by atoms with E-state index in [4.69, 9.17) is 0 Å². The number of benzene rings is 1. The van der Waals surface area contributed by atoms with Crippen LogP contribution in [0.3, 0.4) is 0 Å². The molecular formula is C15H18N2O4. The molecule has 2 N–H and O–H groups in total. The summed E-state index contributed by atoms with van der Waals surface area (Å²) >= 11 is 0. The van der Waals surface area contributed by atoms with Crippen LogP contribution in [0, 0.1) is 10.1 Å². The quantitative estimate of drug-likeness (QED) is 0.504. The third-order valence-electron chi connectivity index (χ3n) is 3.59. The second-order valence-corrected chi connectivity index (χ2v) is 5.16. The molecule has 0 aliphatic heterocycles. The van der Waals surface area contributed by atoms with Crippen molar-refractivity contribution in [2.24, 2.45) is 0 Å². The minimum absolute atomic E-state index is 0.0256. The Kier molecular flexibility index (Phi) is 5.05. The number of nitrogens with zero attached hydrogens (tertiary/aromatic N) is 1. The van der Waals surface area contributed by atoms with Crippen LogP contribution in [-0.4, -0.2) is 28.1 Å². The summed E-state index contributed by atoms with van der Waals surface area (Å²) in [6.07, 6.45) is 5.40. The van der Waals surface area contributed by atoms with Crippen molar-refractivity contribution < 1.29 is 14.8 Å². The average Bonchev–Trinajstić information content (AvgIpc) is 2.48. The van der Waals surface area contributed by atoms with Gasteiger partial charge in [-0.2, -0.15) is 0 Å². The molecule has 0 radical (unpaired) electrons. The Balaban J connectivity index is 1.95. The maximum Gasteiger partial charge on any atom is 0.276 e. The first-order valence-electron chi connectivity index (χ1n) is 6.96. The smallest absolute Gasteiger partial charge is 0.276 e. The van der Waals surface area contributed by atoms with E-state index in [1.807, 2.05) is 0 Å². The molecule has 0 heterocycles.